The molecular weight excluding hydrogens is 360 g/mol. The molecule has 0 spiro atoms. The van der Waals surface area contributed by atoms with Crippen molar-refractivity contribution >= 4 is 28.4 Å². The molecule has 8 nitrogen and oxygen atoms in total. The number of carbonyl (C=O) groups is 2. The van der Waals surface area contributed by atoms with Crippen molar-refractivity contribution in [2.45, 2.75) is 39.2 Å². The molecule has 148 valence electrons. The molecule has 2 heterocycles. The molecule has 1 unspecified atom stereocenters. The second-order valence-corrected chi connectivity index (χ2v) is 7.13. The van der Waals surface area contributed by atoms with Gasteiger partial charge in [-0.15, -0.1) is 0 Å². The minimum atomic E-state index is -1.46. The molecule has 28 heavy (non-hydrogen) atoms. The molecule has 2 N–H and O–H groups in total. The van der Waals surface area contributed by atoms with Gasteiger partial charge in [-0.3, -0.25) is 4.79 Å². The number of carboxylic acid groups (broad SMARTS) is 1. The zero-order valence-corrected chi connectivity index (χ0v) is 16.4. The van der Waals surface area contributed by atoms with Crippen molar-refractivity contribution in [2.75, 3.05) is 13.7 Å². The number of ether oxygens (including phenoxy) is 1. The predicted molar refractivity (Wildman–Crippen MR) is 104 cm³/mol. The fraction of sp³-hybridized carbons (Fsp3) is 0.400. The van der Waals surface area contributed by atoms with Gasteiger partial charge in [0.15, 0.2) is 11.2 Å². The van der Waals surface area contributed by atoms with E-state index in [-0.39, 0.29) is 18.9 Å². The number of aliphatic carboxylic acids is 1. The van der Waals surface area contributed by atoms with Crippen molar-refractivity contribution in [2.24, 2.45) is 0 Å². The number of nitrogens with zero attached hydrogens (tertiary/aromatic N) is 3. The SMILES string of the molecule is COCC(C)(NC(=O)CCc1c(C)nc2c3ccccc3nn2c1C)C(=O)O. The predicted octanol–water partition coefficient (Wildman–Crippen LogP) is 2.04. The second kappa shape index (κ2) is 7.55. The van der Waals surface area contributed by atoms with Crippen molar-refractivity contribution in [1.82, 2.24) is 19.9 Å². The highest BCUT2D eigenvalue weighted by Gasteiger charge is 2.34. The topological polar surface area (TPSA) is 106 Å². The Morgan fingerprint density at radius 2 is 2.00 bits per heavy atom. The normalized spacial score (nSPS) is 13.6. The third kappa shape index (κ3) is 3.55. The number of methoxy groups -OCH3 is 1. The number of aryl methyl sites for hydroxylation is 2. The molecule has 0 aliphatic rings. The molecule has 1 atom stereocenters. The number of hydrogen-bond acceptors (Lipinski definition) is 5. The lowest BCUT2D eigenvalue weighted by molar-refractivity contribution is -0.149. The Bertz CT molecular complexity index is 1060. The number of amides is 1. The van der Waals surface area contributed by atoms with Crippen LogP contribution >= 0.6 is 0 Å². The molecule has 0 aliphatic carbocycles. The first-order valence-electron chi connectivity index (χ1n) is 9.03. The molecule has 1 aromatic carbocycles. The van der Waals surface area contributed by atoms with Gasteiger partial charge in [-0.2, -0.15) is 5.10 Å². The summed E-state index contributed by atoms with van der Waals surface area (Å²) in [5.74, 6) is -1.49. The fourth-order valence-electron chi connectivity index (χ4n) is 3.39. The summed E-state index contributed by atoms with van der Waals surface area (Å²) >= 11 is 0. The first-order valence-corrected chi connectivity index (χ1v) is 9.03. The zero-order chi connectivity index (χ0) is 20.5. The van der Waals surface area contributed by atoms with E-state index in [0.29, 0.717) is 6.42 Å². The molecule has 0 saturated heterocycles. The Balaban J connectivity index is 1.83. The van der Waals surface area contributed by atoms with E-state index in [4.69, 9.17) is 4.74 Å². The van der Waals surface area contributed by atoms with Crippen LogP contribution in [0.15, 0.2) is 24.3 Å². The average Bonchev–Trinajstić information content (AvgIpc) is 3.00. The molecule has 2 aromatic heterocycles. The number of carbonyl (C=O) groups excluding carboxylic acids is 1. The number of benzene rings is 1. The van der Waals surface area contributed by atoms with Crippen LogP contribution in [0, 0.1) is 13.8 Å². The summed E-state index contributed by atoms with van der Waals surface area (Å²) in [6.45, 7) is 5.18. The van der Waals surface area contributed by atoms with Crippen LogP contribution in [-0.4, -0.2) is 50.8 Å². The molecule has 0 radical (unpaired) electrons. The van der Waals surface area contributed by atoms with Gasteiger partial charge in [-0.05, 0) is 44.9 Å². The monoisotopic (exact) mass is 384 g/mol. The van der Waals surface area contributed by atoms with Crippen LogP contribution in [0.5, 0.6) is 0 Å². The summed E-state index contributed by atoms with van der Waals surface area (Å²) in [7, 11) is 1.40. The fourth-order valence-corrected chi connectivity index (χ4v) is 3.39. The lowest BCUT2D eigenvalue weighted by Gasteiger charge is -2.25. The van der Waals surface area contributed by atoms with E-state index in [9.17, 15) is 14.7 Å². The highest BCUT2D eigenvalue weighted by molar-refractivity contribution is 5.92. The van der Waals surface area contributed by atoms with Crippen molar-refractivity contribution < 1.29 is 19.4 Å². The van der Waals surface area contributed by atoms with E-state index < -0.39 is 11.5 Å². The Hall–Kier alpha value is -3.00. The van der Waals surface area contributed by atoms with Gasteiger partial charge in [-0.25, -0.2) is 14.3 Å². The summed E-state index contributed by atoms with van der Waals surface area (Å²) in [6, 6.07) is 7.81. The number of aromatic nitrogens is 3. The van der Waals surface area contributed by atoms with E-state index in [1.54, 1.807) is 4.52 Å². The second-order valence-electron chi connectivity index (χ2n) is 7.13. The lowest BCUT2D eigenvalue weighted by atomic mass is 10.0. The summed E-state index contributed by atoms with van der Waals surface area (Å²) in [5.41, 5.74) is 2.88. The highest BCUT2D eigenvalue weighted by Crippen LogP contribution is 2.23. The van der Waals surface area contributed by atoms with Gasteiger partial charge in [0, 0.05) is 30.3 Å². The van der Waals surface area contributed by atoms with Crippen molar-refractivity contribution in [3.63, 3.8) is 0 Å². The van der Waals surface area contributed by atoms with Gasteiger partial charge in [-0.1, -0.05) is 12.1 Å². The molecule has 0 fully saturated rings. The van der Waals surface area contributed by atoms with Crippen molar-refractivity contribution in [3.8, 4) is 0 Å². The largest absolute Gasteiger partial charge is 0.479 e. The van der Waals surface area contributed by atoms with Gasteiger partial charge in [0.05, 0.1) is 12.1 Å². The highest BCUT2D eigenvalue weighted by atomic mass is 16.5. The summed E-state index contributed by atoms with van der Waals surface area (Å²) in [4.78, 5) is 28.5. The van der Waals surface area contributed by atoms with Gasteiger partial charge in [0.1, 0.15) is 0 Å². The van der Waals surface area contributed by atoms with Crippen LogP contribution in [-0.2, 0) is 20.7 Å². The molecule has 3 aromatic rings. The molecule has 0 bridgehead atoms. The Morgan fingerprint density at radius 1 is 1.29 bits per heavy atom. The quantitative estimate of drug-likeness (QED) is 0.646. The number of rotatable bonds is 7. The maximum Gasteiger partial charge on any atom is 0.331 e. The molecule has 8 heteroatoms. The molecule has 0 saturated carbocycles. The molecular formula is C20H24N4O4. The number of nitrogens with one attached hydrogen (secondary N) is 1. The molecule has 1 amide bonds. The lowest BCUT2D eigenvalue weighted by Crippen LogP contribution is -2.55. The van der Waals surface area contributed by atoms with Crippen molar-refractivity contribution in [3.05, 3.63) is 41.2 Å². The minimum absolute atomic E-state index is 0.112. The maximum atomic E-state index is 12.4. The van der Waals surface area contributed by atoms with Gasteiger partial charge in [0.2, 0.25) is 5.91 Å². The summed E-state index contributed by atoms with van der Waals surface area (Å²) < 4.78 is 6.73. The van der Waals surface area contributed by atoms with Crippen LogP contribution in [0.3, 0.4) is 0 Å². The summed E-state index contributed by atoms with van der Waals surface area (Å²) in [6.07, 6.45) is 0.577. The molecule has 3 rings (SSSR count). The van der Waals surface area contributed by atoms with Gasteiger partial charge < -0.3 is 15.2 Å². The number of carboxylic acids is 1. The van der Waals surface area contributed by atoms with E-state index in [0.717, 1.165) is 33.5 Å². The van der Waals surface area contributed by atoms with E-state index in [1.807, 2.05) is 38.1 Å². The van der Waals surface area contributed by atoms with E-state index in [1.165, 1.54) is 14.0 Å². The third-order valence-corrected chi connectivity index (χ3v) is 4.94. The van der Waals surface area contributed by atoms with Crippen molar-refractivity contribution in [1.29, 1.82) is 0 Å². The number of hydrogen-bond donors (Lipinski definition) is 2. The number of fused-ring (bicyclic) bond motifs is 3. The Labute approximate surface area is 162 Å². The first-order chi connectivity index (χ1) is 13.3. The van der Waals surface area contributed by atoms with Crippen LogP contribution in [0.4, 0.5) is 0 Å². The van der Waals surface area contributed by atoms with Crippen LogP contribution in [0.1, 0.15) is 30.3 Å². The smallest absolute Gasteiger partial charge is 0.331 e. The molecule has 0 aliphatic heterocycles. The maximum absolute atomic E-state index is 12.4. The van der Waals surface area contributed by atoms with Gasteiger partial charge >= 0.3 is 5.97 Å². The van der Waals surface area contributed by atoms with Crippen LogP contribution < -0.4 is 5.32 Å². The third-order valence-electron chi connectivity index (χ3n) is 4.94. The Kier molecular flexibility index (Phi) is 5.33. The first kappa shape index (κ1) is 19.8. The van der Waals surface area contributed by atoms with E-state index >= 15 is 0 Å². The minimum Gasteiger partial charge on any atom is -0.479 e. The van der Waals surface area contributed by atoms with E-state index in [2.05, 4.69) is 15.4 Å². The van der Waals surface area contributed by atoms with Crippen LogP contribution in [0.2, 0.25) is 0 Å². The summed E-state index contributed by atoms with van der Waals surface area (Å²) in [5, 5.41) is 17.5. The average molecular weight is 384 g/mol. The van der Waals surface area contributed by atoms with Crippen LogP contribution in [0.25, 0.3) is 16.6 Å². The Morgan fingerprint density at radius 3 is 2.68 bits per heavy atom. The van der Waals surface area contributed by atoms with Gasteiger partial charge in [0.25, 0.3) is 0 Å². The zero-order valence-electron chi connectivity index (χ0n) is 16.4. The standard InChI is InChI=1S/C20H24N4O4/c1-12-14(9-10-17(25)22-20(3,11-28-4)19(26)27)13(2)24-18(21-12)15-7-5-6-8-16(15)23-24/h5-8H,9-11H2,1-4H3,(H,22,25)(H,26,27).